The third kappa shape index (κ3) is 6.22. The fraction of sp³-hybridized carbons (Fsp3) is 0.471. The molecular weight excluding hydrogens is 521 g/mol. The van der Waals surface area contributed by atoms with Crippen LogP contribution in [0.1, 0.15) is 60.6 Å². The molecule has 3 aromatic carbocycles. The molecule has 0 aliphatic carbocycles. The number of halogens is 1. The first-order valence-corrected chi connectivity index (χ1v) is 14.8. The normalized spacial score (nSPS) is 23.2. The summed E-state index contributed by atoms with van der Waals surface area (Å²) in [6.45, 7) is 3.12. The maximum atomic E-state index is 14.3. The fourth-order valence-corrected chi connectivity index (χ4v) is 6.66. The number of anilines is 1. The summed E-state index contributed by atoms with van der Waals surface area (Å²) in [5.74, 6) is 1.74. The highest BCUT2D eigenvalue weighted by molar-refractivity contribution is 5.54. The van der Waals surface area contributed by atoms with Gasteiger partial charge in [-0.3, -0.25) is 0 Å². The van der Waals surface area contributed by atoms with Crippen LogP contribution in [0.15, 0.2) is 66.7 Å². The first-order valence-electron chi connectivity index (χ1n) is 14.8. The minimum Gasteiger partial charge on any atom is -0.492 e. The van der Waals surface area contributed by atoms with Crippen molar-refractivity contribution in [3.63, 3.8) is 0 Å². The zero-order valence-corrected chi connectivity index (χ0v) is 24.0. The molecular formula is C34H40FNO5. The molecule has 0 saturated carbocycles. The van der Waals surface area contributed by atoms with E-state index in [-0.39, 0.29) is 30.2 Å². The van der Waals surface area contributed by atoms with E-state index in [1.165, 1.54) is 17.3 Å². The molecule has 3 atom stereocenters. The Balaban J connectivity index is 1.25. The lowest BCUT2D eigenvalue weighted by atomic mass is 9.76. The van der Waals surface area contributed by atoms with E-state index in [1.54, 1.807) is 26.4 Å². The standard InChI is InChI=1S/C34H40FNO5/c1-37-34(38-2)24-15-17-36(18-16-24)27-11-9-23(10-12-27)33-29-14-13-28(41-32-8-3-4-19-39-32)21-31(29)40-22-30(33)25-6-5-7-26(35)20-25/h5-7,9-14,20-21,24,30,32-34H,3-4,8,15-19,22H2,1-2H3. The molecule has 3 aromatic rings. The van der Waals surface area contributed by atoms with E-state index in [0.29, 0.717) is 12.5 Å². The Morgan fingerprint density at radius 1 is 0.878 bits per heavy atom. The van der Waals surface area contributed by atoms with Crippen molar-refractivity contribution in [3.05, 3.63) is 89.2 Å². The van der Waals surface area contributed by atoms with E-state index in [9.17, 15) is 4.39 Å². The number of hydrogen-bond acceptors (Lipinski definition) is 6. The Bertz CT molecular complexity index is 1280. The van der Waals surface area contributed by atoms with Crippen LogP contribution in [-0.2, 0) is 14.2 Å². The predicted molar refractivity (Wildman–Crippen MR) is 156 cm³/mol. The van der Waals surface area contributed by atoms with Crippen molar-refractivity contribution >= 4 is 5.69 Å². The molecule has 7 heteroatoms. The molecule has 0 bridgehead atoms. The van der Waals surface area contributed by atoms with Gasteiger partial charge in [0.15, 0.2) is 12.6 Å². The lowest BCUT2D eigenvalue weighted by Gasteiger charge is -2.37. The number of methoxy groups -OCH3 is 2. The van der Waals surface area contributed by atoms with Gasteiger partial charge in [0.2, 0.25) is 0 Å². The fourth-order valence-electron chi connectivity index (χ4n) is 6.66. The van der Waals surface area contributed by atoms with Gasteiger partial charge in [0.05, 0.1) is 13.2 Å². The lowest BCUT2D eigenvalue weighted by Crippen LogP contribution is -2.39. The number of benzene rings is 3. The van der Waals surface area contributed by atoms with Gasteiger partial charge in [-0.1, -0.05) is 30.3 Å². The van der Waals surface area contributed by atoms with Gasteiger partial charge < -0.3 is 28.6 Å². The molecule has 3 aliphatic heterocycles. The number of fused-ring (bicyclic) bond motifs is 1. The molecule has 0 aromatic heterocycles. The third-order valence-corrected chi connectivity index (χ3v) is 8.83. The zero-order valence-electron chi connectivity index (χ0n) is 24.0. The summed E-state index contributed by atoms with van der Waals surface area (Å²) >= 11 is 0. The molecule has 0 N–H and O–H groups in total. The van der Waals surface area contributed by atoms with Gasteiger partial charge in [-0.15, -0.1) is 0 Å². The van der Waals surface area contributed by atoms with Crippen molar-refractivity contribution in [3.8, 4) is 11.5 Å². The second-order valence-electron chi connectivity index (χ2n) is 11.3. The molecule has 0 radical (unpaired) electrons. The van der Waals surface area contributed by atoms with E-state index in [2.05, 4.69) is 35.2 Å². The van der Waals surface area contributed by atoms with Crippen LogP contribution in [0.4, 0.5) is 10.1 Å². The summed E-state index contributed by atoms with van der Waals surface area (Å²) in [6.07, 6.45) is 4.78. The van der Waals surface area contributed by atoms with Crippen LogP contribution in [0.25, 0.3) is 0 Å². The Labute approximate surface area is 242 Å². The van der Waals surface area contributed by atoms with Crippen LogP contribution in [0.2, 0.25) is 0 Å². The number of nitrogens with zero attached hydrogens (tertiary/aromatic N) is 1. The van der Waals surface area contributed by atoms with Gasteiger partial charge in [-0.05, 0) is 67.1 Å². The van der Waals surface area contributed by atoms with Crippen LogP contribution < -0.4 is 14.4 Å². The molecule has 2 saturated heterocycles. The molecule has 3 heterocycles. The van der Waals surface area contributed by atoms with Gasteiger partial charge in [0, 0.05) is 68.8 Å². The minimum absolute atomic E-state index is 0.0180. The summed E-state index contributed by atoms with van der Waals surface area (Å²) in [7, 11) is 3.42. The SMILES string of the molecule is COC(OC)C1CCN(c2ccc(C3c4ccc(OC5CCCCO5)cc4OCC3c3cccc(F)c3)cc2)CC1. The summed E-state index contributed by atoms with van der Waals surface area (Å²) in [6, 6.07) is 21.9. The topological polar surface area (TPSA) is 49.4 Å². The van der Waals surface area contributed by atoms with Gasteiger partial charge in [-0.25, -0.2) is 4.39 Å². The van der Waals surface area contributed by atoms with Crippen molar-refractivity contribution in [2.45, 2.75) is 56.5 Å². The molecule has 3 aliphatic rings. The third-order valence-electron chi connectivity index (χ3n) is 8.83. The summed E-state index contributed by atoms with van der Waals surface area (Å²) < 4.78 is 43.5. The Morgan fingerprint density at radius 3 is 2.39 bits per heavy atom. The van der Waals surface area contributed by atoms with E-state index >= 15 is 0 Å². The van der Waals surface area contributed by atoms with E-state index in [1.807, 2.05) is 18.2 Å². The molecule has 6 nitrogen and oxygen atoms in total. The van der Waals surface area contributed by atoms with Crippen LogP contribution in [0, 0.1) is 11.7 Å². The summed E-state index contributed by atoms with van der Waals surface area (Å²) in [5.41, 5.74) is 4.42. The van der Waals surface area contributed by atoms with Gasteiger partial charge >= 0.3 is 0 Å². The molecule has 0 spiro atoms. The van der Waals surface area contributed by atoms with Crippen molar-refractivity contribution in [2.24, 2.45) is 5.92 Å². The van der Waals surface area contributed by atoms with Crippen LogP contribution >= 0.6 is 0 Å². The monoisotopic (exact) mass is 561 g/mol. The smallest absolute Gasteiger partial charge is 0.199 e. The Hall–Kier alpha value is -3.13. The lowest BCUT2D eigenvalue weighted by molar-refractivity contribution is -0.141. The Morgan fingerprint density at radius 2 is 1.68 bits per heavy atom. The Kier molecular flexibility index (Phi) is 8.75. The van der Waals surface area contributed by atoms with Crippen molar-refractivity contribution in [2.75, 3.05) is 45.4 Å². The molecule has 218 valence electrons. The van der Waals surface area contributed by atoms with Crippen LogP contribution in [-0.4, -0.2) is 53.1 Å². The zero-order chi connectivity index (χ0) is 28.2. The van der Waals surface area contributed by atoms with E-state index < -0.39 is 0 Å². The number of hydrogen-bond donors (Lipinski definition) is 0. The molecule has 3 unspecified atom stereocenters. The molecule has 0 amide bonds. The van der Waals surface area contributed by atoms with Crippen molar-refractivity contribution in [1.29, 1.82) is 0 Å². The van der Waals surface area contributed by atoms with Crippen molar-refractivity contribution in [1.82, 2.24) is 0 Å². The molecule has 41 heavy (non-hydrogen) atoms. The highest BCUT2D eigenvalue weighted by Crippen LogP contribution is 2.47. The highest BCUT2D eigenvalue weighted by Gasteiger charge is 2.34. The highest BCUT2D eigenvalue weighted by atomic mass is 19.1. The van der Waals surface area contributed by atoms with Gasteiger partial charge in [0.1, 0.15) is 17.3 Å². The second-order valence-corrected chi connectivity index (χ2v) is 11.3. The average Bonchev–Trinajstić information content (AvgIpc) is 3.02. The van der Waals surface area contributed by atoms with Gasteiger partial charge in [0.25, 0.3) is 0 Å². The van der Waals surface area contributed by atoms with Crippen LogP contribution in [0.5, 0.6) is 11.5 Å². The maximum Gasteiger partial charge on any atom is 0.199 e. The largest absolute Gasteiger partial charge is 0.492 e. The van der Waals surface area contributed by atoms with Crippen LogP contribution in [0.3, 0.4) is 0 Å². The first-order chi connectivity index (χ1) is 20.1. The molecule has 6 rings (SSSR count). The number of ether oxygens (including phenoxy) is 5. The summed E-state index contributed by atoms with van der Waals surface area (Å²) in [5, 5.41) is 0. The number of piperidine rings is 1. The quantitative estimate of drug-likeness (QED) is 0.280. The number of rotatable bonds is 8. The second kappa shape index (κ2) is 12.8. The summed E-state index contributed by atoms with van der Waals surface area (Å²) in [4.78, 5) is 2.43. The first kappa shape index (κ1) is 28.0. The average molecular weight is 562 g/mol. The minimum atomic E-state index is -0.230. The molecule has 2 fully saturated rings. The van der Waals surface area contributed by atoms with E-state index in [0.717, 1.165) is 74.4 Å². The predicted octanol–water partition coefficient (Wildman–Crippen LogP) is 6.87. The maximum absolute atomic E-state index is 14.3. The van der Waals surface area contributed by atoms with Gasteiger partial charge in [-0.2, -0.15) is 0 Å². The van der Waals surface area contributed by atoms with Crippen molar-refractivity contribution < 1.29 is 28.1 Å². The van der Waals surface area contributed by atoms with E-state index in [4.69, 9.17) is 23.7 Å².